The third-order valence-electron chi connectivity index (χ3n) is 4.24. The van der Waals surface area contributed by atoms with E-state index in [-0.39, 0.29) is 5.97 Å². The first-order chi connectivity index (χ1) is 14.2. The van der Waals surface area contributed by atoms with Crippen LogP contribution in [0.25, 0.3) is 5.69 Å². The predicted molar refractivity (Wildman–Crippen MR) is 113 cm³/mol. The van der Waals surface area contributed by atoms with Crippen molar-refractivity contribution in [3.8, 4) is 5.69 Å². The summed E-state index contributed by atoms with van der Waals surface area (Å²) in [6.45, 7) is 3.83. The van der Waals surface area contributed by atoms with Crippen molar-refractivity contribution in [3.05, 3.63) is 83.7 Å². The largest absolute Gasteiger partial charge is 0.465 e. The van der Waals surface area contributed by atoms with Crippen LogP contribution < -0.4 is 10.6 Å². The van der Waals surface area contributed by atoms with Crippen molar-refractivity contribution in [1.29, 1.82) is 0 Å². The van der Waals surface area contributed by atoms with Crippen LogP contribution in [0, 0.1) is 0 Å². The molecule has 2 N–H and O–H groups in total. The Morgan fingerprint density at radius 3 is 2.52 bits per heavy atom. The molecule has 1 heterocycles. The molecule has 2 aromatic carbocycles. The number of methoxy groups -OCH3 is 1. The summed E-state index contributed by atoms with van der Waals surface area (Å²) >= 11 is 0. The zero-order chi connectivity index (χ0) is 20.5. The van der Waals surface area contributed by atoms with Crippen LogP contribution in [0.2, 0.25) is 0 Å². The van der Waals surface area contributed by atoms with Crippen molar-refractivity contribution in [2.45, 2.75) is 20.0 Å². The first-order valence-corrected chi connectivity index (χ1v) is 9.49. The Morgan fingerprint density at radius 1 is 1.07 bits per heavy atom. The molecule has 3 rings (SSSR count). The van der Waals surface area contributed by atoms with Gasteiger partial charge in [0.1, 0.15) is 0 Å². The lowest BCUT2D eigenvalue weighted by molar-refractivity contribution is 0.0600. The molecular formula is C22H25N5O2. The fraction of sp³-hybridized carbons (Fsp3) is 0.227. The highest BCUT2D eigenvalue weighted by Gasteiger charge is 2.05. The lowest BCUT2D eigenvalue weighted by Gasteiger charge is -2.10. The van der Waals surface area contributed by atoms with Gasteiger partial charge in [-0.25, -0.2) is 14.5 Å². The van der Waals surface area contributed by atoms with Crippen molar-refractivity contribution in [3.63, 3.8) is 0 Å². The van der Waals surface area contributed by atoms with Gasteiger partial charge in [0.05, 0.1) is 37.1 Å². The van der Waals surface area contributed by atoms with Gasteiger partial charge < -0.3 is 15.4 Å². The summed E-state index contributed by atoms with van der Waals surface area (Å²) in [7, 11) is 1.37. The van der Waals surface area contributed by atoms with E-state index in [2.05, 4.69) is 20.7 Å². The maximum atomic E-state index is 11.5. The molecule has 1 aromatic heterocycles. The van der Waals surface area contributed by atoms with E-state index < -0.39 is 0 Å². The normalized spacial score (nSPS) is 11.2. The van der Waals surface area contributed by atoms with E-state index in [1.165, 1.54) is 7.11 Å². The highest BCUT2D eigenvalue weighted by Crippen LogP contribution is 2.08. The number of esters is 1. The summed E-state index contributed by atoms with van der Waals surface area (Å²) in [5.74, 6) is 0.365. The number of rotatable bonds is 7. The van der Waals surface area contributed by atoms with Gasteiger partial charge in [0.25, 0.3) is 0 Å². The fourth-order valence-corrected chi connectivity index (χ4v) is 2.73. The minimum Gasteiger partial charge on any atom is -0.465 e. The first-order valence-electron chi connectivity index (χ1n) is 9.49. The van der Waals surface area contributed by atoms with E-state index in [9.17, 15) is 4.79 Å². The summed E-state index contributed by atoms with van der Waals surface area (Å²) < 4.78 is 6.57. The number of hydrogen-bond acceptors (Lipinski definition) is 4. The highest BCUT2D eigenvalue weighted by atomic mass is 16.5. The van der Waals surface area contributed by atoms with Gasteiger partial charge in [-0.05, 0) is 42.8 Å². The number of carbonyl (C=O) groups excluding carboxylic acids is 1. The van der Waals surface area contributed by atoms with Crippen molar-refractivity contribution >= 4 is 11.9 Å². The van der Waals surface area contributed by atoms with E-state index in [0.717, 1.165) is 23.5 Å². The lowest BCUT2D eigenvalue weighted by atomic mass is 10.1. The number of nitrogens with zero attached hydrogens (tertiary/aromatic N) is 3. The number of guanidine groups is 1. The molecule has 29 heavy (non-hydrogen) atoms. The van der Waals surface area contributed by atoms with Gasteiger partial charge in [0.2, 0.25) is 0 Å². The Kier molecular flexibility index (Phi) is 7.00. The number of para-hydroxylation sites is 1. The Bertz CT molecular complexity index is 949. The monoisotopic (exact) mass is 391 g/mol. The fourth-order valence-electron chi connectivity index (χ4n) is 2.73. The number of aliphatic imine (C=N–C) groups is 1. The van der Waals surface area contributed by atoms with Crippen LogP contribution in [0.4, 0.5) is 0 Å². The predicted octanol–water partition coefficient (Wildman–Crippen LogP) is 2.91. The second-order valence-electron chi connectivity index (χ2n) is 6.32. The Labute approximate surface area is 170 Å². The van der Waals surface area contributed by atoms with Crippen molar-refractivity contribution in [1.82, 2.24) is 20.4 Å². The van der Waals surface area contributed by atoms with Crippen LogP contribution in [0.15, 0.2) is 71.9 Å². The molecule has 0 atom stereocenters. The highest BCUT2D eigenvalue weighted by molar-refractivity contribution is 5.89. The van der Waals surface area contributed by atoms with Gasteiger partial charge >= 0.3 is 5.97 Å². The topological polar surface area (TPSA) is 80.5 Å². The van der Waals surface area contributed by atoms with Gasteiger partial charge in [0, 0.05) is 12.7 Å². The average Bonchev–Trinajstić information content (AvgIpc) is 3.25. The zero-order valence-electron chi connectivity index (χ0n) is 16.6. The van der Waals surface area contributed by atoms with Gasteiger partial charge in [0.15, 0.2) is 5.96 Å². The quantitative estimate of drug-likeness (QED) is 0.368. The zero-order valence-corrected chi connectivity index (χ0v) is 16.6. The maximum Gasteiger partial charge on any atom is 0.337 e. The second-order valence-corrected chi connectivity index (χ2v) is 6.32. The maximum absolute atomic E-state index is 11.5. The molecule has 0 saturated carbocycles. The van der Waals surface area contributed by atoms with Crippen LogP contribution in [-0.4, -0.2) is 35.4 Å². The molecule has 3 aromatic rings. The van der Waals surface area contributed by atoms with Crippen LogP contribution in [0.5, 0.6) is 0 Å². The minimum absolute atomic E-state index is 0.343. The van der Waals surface area contributed by atoms with Crippen LogP contribution in [0.1, 0.15) is 28.5 Å². The molecule has 0 unspecified atom stereocenters. The van der Waals surface area contributed by atoms with E-state index in [1.807, 2.05) is 66.3 Å². The third-order valence-corrected chi connectivity index (χ3v) is 4.24. The van der Waals surface area contributed by atoms with Crippen LogP contribution >= 0.6 is 0 Å². The number of aromatic nitrogens is 2. The second kappa shape index (κ2) is 10.1. The molecule has 0 aliphatic rings. The standard InChI is InChI=1S/C22H25N5O2/c1-3-23-22(24-15-17-9-11-18(12-10-17)21(28)29-2)25-16-19-13-14-27(26-19)20-7-5-4-6-8-20/h4-14H,3,15-16H2,1-2H3,(H2,23,24,25). The summed E-state index contributed by atoms with van der Waals surface area (Å²) in [5, 5.41) is 11.1. The molecule has 7 heteroatoms. The number of benzene rings is 2. The minimum atomic E-state index is -0.343. The van der Waals surface area contributed by atoms with Crippen molar-refractivity contribution in [2.75, 3.05) is 13.7 Å². The van der Waals surface area contributed by atoms with Crippen molar-refractivity contribution < 1.29 is 9.53 Å². The Morgan fingerprint density at radius 2 is 1.83 bits per heavy atom. The molecule has 0 aliphatic heterocycles. The molecule has 0 aliphatic carbocycles. The molecule has 0 saturated heterocycles. The summed E-state index contributed by atoms with van der Waals surface area (Å²) in [6.07, 6.45) is 1.94. The number of ether oxygens (including phenoxy) is 1. The van der Waals surface area contributed by atoms with Gasteiger partial charge in [-0.3, -0.25) is 0 Å². The molecule has 0 radical (unpaired) electrons. The molecule has 0 amide bonds. The van der Waals surface area contributed by atoms with Crippen molar-refractivity contribution in [2.24, 2.45) is 4.99 Å². The number of carbonyl (C=O) groups is 1. The summed E-state index contributed by atoms with van der Waals surface area (Å²) in [4.78, 5) is 16.1. The number of hydrogen-bond donors (Lipinski definition) is 2. The molecule has 150 valence electrons. The SMILES string of the molecule is CCNC(=NCc1ccc(C(=O)OC)cc1)NCc1ccn(-c2ccccc2)n1. The van der Waals surface area contributed by atoms with E-state index in [4.69, 9.17) is 4.74 Å². The van der Waals surface area contributed by atoms with Gasteiger partial charge in [-0.15, -0.1) is 0 Å². The first kappa shape index (κ1) is 20.1. The van der Waals surface area contributed by atoms with Crippen LogP contribution in [-0.2, 0) is 17.8 Å². The molecular weight excluding hydrogens is 366 g/mol. The molecule has 7 nitrogen and oxygen atoms in total. The Balaban J connectivity index is 1.60. The smallest absolute Gasteiger partial charge is 0.337 e. The third kappa shape index (κ3) is 5.68. The van der Waals surface area contributed by atoms with E-state index in [1.54, 1.807) is 12.1 Å². The van der Waals surface area contributed by atoms with E-state index in [0.29, 0.717) is 24.6 Å². The average molecular weight is 391 g/mol. The van der Waals surface area contributed by atoms with E-state index >= 15 is 0 Å². The van der Waals surface area contributed by atoms with Crippen LogP contribution in [0.3, 0.4) is 0 Å². The molecule has 0 bridgehead atoms. The van der Waals surface area contributed by atoms with Gasteiger partial charge in [-0.2, -0.15) is 5.10 Å². The number of nitrogens with one attached hydrogen (secondary N) is 2. The lowest BCUT2D eigenvalue weighted by Crippen LogP contribution is -2.36. The van der Waals surface area contributed by atoms with Gasteiger partial charge in [-0.1, -0.05) is 30.3 Å². The molecule has 0 fully saturated rings. The summed E-state index contributed by atoms with van der Waals surface area (Å²) in [5.41, 5.74) is 3.47. The summed E-state index contributed by atoms with van der Waals surface area (Å²) in [6, 6.07) is 19.2. The molecule has 0 spiro atoms. The Hall–Kier alpha value is -3.61.